The van der Waals surface area contributed by atoms with Crippen molar-refractivity contribution in [2.45, 2.75) is 30.7 Å². The van der Waals surface area contributed by atoms with Gasteiger partial charge in [0.2, 0.25) is 10.0 Å². The van der Waals surface area contributed by atoms with Gasteiger partial charge in [0.25, 0.3) is 0 Å². The molecular formula is C11H20N2O3S2. The van der Waals surface area contributed by atoms with Crippen LogP contribution in [0.2, 0.25) is 0 Å². The predicted molar refractivity (Wildman–Crippen MR) is 73.4 cm³/mol. The molecule has 0 atom stereocenters. The fraction of sp³-hybridized carbons (Fsp3) is 0.636. The van der Waals surface area contributed by atoms with Crippen LogP contribution < -0.4 is 10.0 Å². The van der Waals surface area contributed by atoms with Crippen molar-refractivity contribution >= 4 is 21.4 Å². The Morgan fingerprint density at radius 2 is 2.17 bits per heavy atom. The molecule has 0 saturated heterocycles. The van der Waals surface area contributed by atoms with Crippen LogP contribution in [0.4, 0.5) is 0 Å². The minimum absolute atomic E-state index is 0.110. The highest BCUT2D eigenvalue weighted by atomic mass is 32.2. The zero-order valence-corrected chi connectivity index (χ0v) is 12.5. The number of thiophene rings is 1. The summed E-state index contributed by atoms with van der Waals surface area (Å²) in [6.45, 7) is 5.17. The first-order valence-electron chi connectivity index (χ1n) is 5.79. The van der Waals surface area contributed by atoms with Crippen molar-refractivity contribution in [3.8, 4) is 0 Å². The molecule has 0 fully saturated rings. The minimum Gasteiger partial charge on any atom is -0.377 e. The first-order valence-corrected chi connectivity index (χ1v) is 8.15. The Kier molecular flexibility index (Phi) is 6.24. The molecule has 0 aliphatic heterocycles. The van der Waals surface area contributed by atoms with Gasteiger partial charge in [-0.15, -0.1) is 11.3 Å². The molecule has 1 aromatic rings. The van der Waals surface area contributed by atoms with Gasteiger partial charge in [-0.25, -0.2) is 13.1 Å². The van der Waals surface area contributed by atoms with E-state index in [0.29, 0.717) is 23.9 Å². The van der Waals surface area contributed by atoms with Gasteiger partial charge in [-0.05, 0) is 37.9 Å². The van der Waals surface area contributed by atoms with Crippen LogP contribution in [0.15, 0.2) is 15.7 Å². The van der Waals surface area contributed by atoms with Crippen molar-refractivity contribution in [3.05, 3.63) is 17.0 Å². The van der Waals surface area contributed by atoms with Crippen molar-refractivity contribution in [2.24, 2.45) is 0 Å². The van der Waals surface area contributed by atoms with Crippen molar-refractivity contribution in [1.29, 1.82) is 0 Å². The lowest BCUT2D eigenvalue weighted by molar-refractivity contribution is 0.0834. The molecular weight excluding hydrogens is 272 g/mol. The van der Waals surface area contributed by atoms with Crippen LogP contribution >= 0.6 is 11.3 Å². The maximum Gasteiger partial charge on any atom is 0.250 e. The molecule has 5 nitrogen and oxygen atoms in total. The second-order valence-electron chi connectivity index (χ2n) is 4.12. The van der Waals surface area contributed by atoms with Crippen LogP contribution in [0.1, 0.15) is 19.4 Å². The number of nitrogens with one attached hydrogen (secondary N) is 2. The van der Waals surface area contributed by atoms with Gasteiger partial charge < -0.3 is 10.1 Å². The van der Waals surface area contributed by atoms with Gasteiger partial charge in [-0.1, -0.05) is 0 Å². The van der Waals surface area contributed by atoms with E-state index in [9.17, 15) is 8.42 Å². The van der Waals surface area contributed by atoms with E-state index < -0.39 is 10.0 Å². The molecule has 1 heterocycles. The number of rotatable bonds is 8. The molecule has 0 spiro atoms. The van der Waals surface area contributed by atoms with Crippen LogP contribution in [0.25, 0.3) is 0 Å². The summed E-state index contributed by atoms with van der Waals surface area (Å²) >= 11 is 1.23. The molecule has 0 bridgehead atoms. The van der Waals surface area contributed by atoms with Gasteiger partial charge in [0.15, 0.2) is 0 Å². The Bertz CT molecular complexity index is 455. The smallest absolute Gasteiger partial charge is 0.250 e. The molecule has 18 heavy (non-hydrogen) atoms. The van der Waals surface area contributed by atoms with Gasteiger partial charge in [-0.2, -0.15) is 0 Å². The predicted octanol–water partition coefficient (Wildman–Crippen LogP) is 1.17. The van der Waals surface area contributed by atoms with Crippen molar-refractivity contribution in [3.63, 3.8) is 0 Å². The summed E-state index contributed by atoms with van der Waals surface area (Å²) in [5.41, 5.74) is 0.973. The monoisotopic (exact) mass is 292 g/mol. The van der Waals surface area contributed by atoms with E-state index in [1.807, 2.05) is 26.3 Å². The molecule has 0 radical (unpaired) electrons. The molecule has 0 unspecified atom stereocenters. The van der Waals surface area contributed by atoms with Crippen molar-refractivity contribution in [1.82, 2.24) is 10.0 Å². The minimum atomic E-state index is -3.39. The quantitative estimate of drug-likeness (QED) is 0.706. The van der Waals surface area contributed by atoms with E-state index in [0.717, 1.165) is 5.56 Å². The fourth-order valence-corrected chi connectivity index (χ4v) is 3.60. The zero-order valence-electron chi connectivity index (χ0n) is 10.9. The summed E-state index contributed by atoms with van der Waals surface area (Å²) in [7, 11) is -1.57. The van der Waals surface area contributed by atoms with E-state index in [-0.39, 0.29) is 6.10 Å². The Morgan fingerprint density at radius 3 is 2.78 bits per heavy atom. The van der Waals surface area contributed by atoms with Crippen LogP contribution in [-0.2, 0) is 21.3 Å². The SMILES string of the molecule is CNCc1csc(S(=O)(=O)NCCOC(C)C)c1. The van der Waals surface area contributed by atoms with E-state index in [1.54, 1.807) is 6.07 Å². The number of hydrogen-bond acceptors (Lipinski definition) is 5. The molecule has 0 aromatic carbocycles. The molecule has 1 aromatic heterocycles. The summed E-state index contributed by atoms with van der Waals surface area (Å²) in [6, 6.07) is 1.69. The summed E-state index contributed by atoms with van der Waals surface area (Å²) in [5, 5.41) is 4.83. The van der Waals surface area contributed by atoms with Gasteiger partial charge in [0.1, 0.15) is 4.21 Å². The van der Waals surface area contributed by atoms with E-state index in [2.05, 4.69) is 10.0 Å². The molecule has 2 N–H and O–H groups in total. The topological polar surface area (TPSA) is 67.4 Å². The normalized spacial score (nSPS) is 12.2. The summed E-state index contributed by atoms with van der Waals surface area (Å²) in [5.74, 6) is 0. The fourth-order valence-electron chi connectivity index (χ4n) is 1.33. The van der Waals surface area contributed by atoms with Crippen LogP contribution in [0.5, 0.6) is 0 Å². The largest absolute Gasteiger partial charge is 0.377 e. The first kappa shape index (κ1) is 15.6. The number of hydrogen-bond donors (Lipinski definition) is 2. The van der Waals surface area contributed by atoms with Crippen molar-refractivity contribution in [2.75, 3.05) is 20.2 Å². The highest BCUT2D eigenvalue weighted by Crippen LogP contribution is 2.19. The Hall–Kier alpha value is -0.470. The second kappa shape index (κ2) is 7.20. The Balaban J connectivity index is 2.51. The summed E-state index contributed by atoms with van der Waals surface area (Å²) < 4.78 is 32.0. The molecule has 0 saturated carbocycles. The van der Waals surface area contributed by atoms with Crippen LogP contribution in [0.3, 0.4) is 0 Å². The third kappa shape index (κ3) is 5.03. The summed E-state index contributed by atoms with van der Waals surface area (Å²) in [6.07, 6.45) is 0.110. The highest BCUT2D eigenvalue weighted by Gasteiger charge is 2.15. The van der Waals surface area contributed by atoms with Crippen LogP contribution in [0, 0.1) is 0 Å². The van der Waals surface area contributed by atoms with Gasteiger partial charge in [-0.3, -0.25) is 0 Å². The second-order valence-corrected chi connectivity index (χ2v) is 7.03. The Labute approximate surface area is 113 Å². The third-order valence-corrected chi connectivity index (χ3v) is 5.07. The maximum absolute atomic E-state index is 11.9. The number of ether oxygens (including phenoxy) is 1. The van der Waals surface area contributed by atoms with Gasteiger partial charge in [0, 0.05) is 13.1 Å². The van der Waals surface area contributed by atoms with E-state index >= 15 is 0 Å². The lowest BCUT2D eigenvalue weighted by atomic mass is 10.3. The van der Waals surface area contributed by atoms with E-state index in [1.165, 1.54) is 11.3 Å². The molecule has 7 heteroatoms. The van der Waals surface area contributed by atoms with E-state index in [4.69, 9.17) is 4.74 Å². The average Bonchev–Trinajstić information content (AvgIpc) is 2.74. The van der Waals surface area contributed by atoms with Crippen LogP contribution in [-0.4, -0.2) is 34.7 Å². The lowest BCUT2D eigenvalue weighted by Gasteiger charge is -2.08. The maximum atomic E-state index is 11.9. The van der Waals surface area contributed by atoms with Gasteiger partial charge in [0.05, 0.1) is 12.7 Å². The highest BCUT2D eigenvalue weighted by molar-refractivity contribution is 7.91. The first-order chi connectivity index (χ1) is 8.45. The van der Waals surface area contributed by atoms with Crippen molar-refractivity contribution < 1.29 is 13.2 Å². The molecule has 1 rings (SSSR count). The zero-order chi connectivity index (χ0) is 13.6. The standard InChI is InChI=1S/C11H20N2O3S2/c1-9(2)16-5-4-13-18(14,15)11-6-10(7-12-3)8-17-11/h6,8-9,12-13H,4-5,7H2,1-3H3. The lowest BCUT2D eigenvalue weighted by Crippen LogP contribution is -2.27. The molecule has 0 aliphatic rings. The van der Waals surface area contributed by atoms with Gasteiger partial charge >= 0.3 is 0 Å². The molecule has 104 valence electrons. The number of sulfonamides is 1. The average molecular weight is 292 g/mol. The summed E-state index contributed by atoms with van der Waals surface area (Å²) in [4.78, 5) is 0. The Morgan fingerprint density at radius 1 is 1.44 bits per heavy atom. The third-order valence-electron chi connectivity index (χ3n) is 2.12. The molecule has 0 amide bonds. The molecule has 0 aliphatic carbocycles.